The highest BCUT2D eigenvalue weighted by Crippen LogP contribution is 2.27. The first-order chi connectivity index (χ1) is 13.8. The molecule has 0 saturated carbocycles. The summed E-state index contributed by atoms with van der Waals surface area (Å²) in [4.78, 5) is 12.2. The van der Waals surface area contributed by atoms with E-state index in [1.54, 1.807) is 18.4 Å². The van der Waals surface area contributed by atoms with Crippen molar-refractivity contribution in [2.45, 2.75) is 11.8 Å². The monoisotopic (exact) mass is 454 g/mol. The number of hydrogen-bond donors (Lipinski definition) is 2. The summed E-state index contributed by atoms with van der Waals surface area (Å²) in [7, 11) is -4.23. The summed E-state index contributed by atoms with van der Waals surface area (Å²) < 4.78 is 47.1. The summed E-state index contributed by atoms with van der Waals surface area (Å²) in [5.41, 5.74) is 0.354. The van der Waals surface area contributed by atoms with Crippen molar-refractivity contribution in [1.29, 1.82) is 0 Å². The van der Waals surface area contributed by atoms with Crippen LogP contribution in [-0.4, -0.2) is 20.9 Å². The number of amides is 1. The summed E-state index contributed by atoms with van der Waals surface area (Å²) in [6.07, 6.45) is 0. The predicted molar refractivity (Wildman–Crippen MR) is 112 cm³/mol. The molecule has 3 aromatic rings. The maximum Gasteiger partial charge on any atom is 0.269 e. The van der Waals surface area contributed by atoms with Crippen molar-refractivity contribution in [3.8, 4) is 5.75 Å². The van der Waals surface area contributed by atoms with Crippen LogP contribution in [0.4, 0.5) is 15.8 Å². The maximum absolute atomic E-state index is 14.2. The minimum absolute atomic E-state index is 0.128. The molecule has 10 heteroatoms. The van der Waals surface area contributed by atoms with Crippen LogP contribution in [0.25, 0.3) is 0 Å². The number of carbonyl (C=O) groups excluding carboxylic acids is 1. The van der Waals surface area contributed by atoms with Crippen LogP contribution in [0.2, 0.25) is 5.02 Å². The number of halogens is 2. The van der Waals surface area contributed by atoms with E-state index in [2.05, 4.69) is 10.0 Å². The van der Waals surface area contributed by atoms with E-state index in [-0.39, 0.29) is 11.4 Å². The molecule has 2 N–H and O–H groups in total. The molecule has 0 aliphatic rings. The molecular weight excluding hydrogens is 439 g/mol. The molecule has 0 aliphatic heterocycles. The zero-order valence-corrected chi connectivity index (χ0v) is 17.5. The Balaban J connectivity index is 1.84. The van der Waals surface area contributed by atoms with Gasteiger partial charge in [0.05, 0.1) is 6.61 Å². The number of benzene rings is 2. The third-order valence-corrected chi connectivity index (χ3v) is 6.25. The third-order valence-electron chi connectivity index (χ3n) is 3.71. The van der Waals surface area contributed by atoms with Crippen molar-refractivity contribution in [1.82, 2.24) is 0 Å². The van der Waals surface area contributed by atoms with Crippen LogP contribution in [0, 0.1) is 5.82 Å². The van der Waals surface area contributed by atoms with E-state index < -0.39 is 26.6 Å². The zero-order chi connectivity index (χ0) is 21.0. The summed E-state index contributed by atoms with van der Waals surface area (Å²) in [5, 5.41) is 4.71. The van der Waals surface area contributed by atoms with Crippen LogP contribution in [0.5, 0.6) is 5.75 Å². The molecule has 0 spiro atoms. The van der Waals surface area contributed by atoms with Crippen molar-refractivity contribution in [3.63, 3.8) is 0 Å². The number of rotatable bonds is 7. The van der Waals surface area contributed by atoms with Crippen molar-refractivity contribution in [3.05, 3.63) is 69.6 Å². The van der Waals surface area contributed by atoms with Crippen molar-refractivity contribution >= 4 is 50.2 Å². The largest absolute Gasteiger partial charge is 0.492 e. The number of carbonyl (C=O) groups is 1. The number of ether oxygens (including phenoxy) is 1. The Morgan fingerprint density at radius 3 is 2.52 bits per heavy atom. The average Bonchev–Trinajstić information content (AvgIpc) is 3.13. The van der Waals surface area contributed by atoms with Crippen LogP contribution in [0.1, 0.15) is 16.6 Å². The molecule has 0 unspecified atom stereocenters. The van der Waals surface area contributed by atoms with E-state index in [0.717, 1.165) is 12.1 Å². The fourth-order valence-corrected chi connectivity index (χ4v) is 4.45. The first kappa shape index (κ1) is 21.1. The lowest BCUT2D eigenvalue weighted by Gasteiger charge is -2.11. The molecule has 0 radical (unpaired) electrons. The highest BCUT2D eigenvalue weighted by Gasteiger charge is 2.21. The molecule has 0 saturated heterocycles. The number of anilines is 2. The molecule has 2 aromatic carbocycles. The molecule has 152 valence electrons. The Kier molecular flexibility index (Phi) is 6.41. The molecule has 0 aliphatic carbocycles. The fraction of sp³-hybridized carbons (Fsp3) is 0.105. The van der Waals surface area contributed by atoms with Gasteiger partial charge in [0.2, 0.25) is 0 Å². The number of sulfonamides is 1. The summed E-state index contributed by atoms with van der Waals surface area (Å²) in [5.74, 6) is -1.01. The fourth-order valence-electron chi connectivity index (χ4n) is 2.44. The lowest BCUT2D eigenvalue weighted by Crippen LogP contribution is -2.16. The number of thiophene rings is 1. The van der Waals surface area contributed by atoms with E-state index in [1.165, 1.54) is 41.7 Å². The molecule has 29 heavy (non-hydrogen) atoms. The molecule has 0 bridgehead atoms. The SMILES string of the molecule is CCOc1ccsc1C(=O)Nc1ccc(F)c(S(=O)(=O)Nc2ccc(Cl)cc2)c1. The minimum Gasteiger partial charge on any atom is -0.492 e. The van der Waals surface area contributed by atoms with Gasteiger partial charge in [-0.15, -0.1) is 11.3 Å². The highest BCUT2D eigenvalue weighted by molar-refractivity contribution is 7.92. The molecule has 0 fully saturated rings. The van der Waals surface area contributed by atoms with Crippen molar-refractivity contribution < 1.29 is 22.3 Å². The molecule has 1 amide bonds. The highest BCUT2D eigenvalue weighted by atomic mass is 35.5. The van der Waals surface area contributed by atoms with Crippen molar-refractivity contribution in [2.75, 3.05) is 16.6 Å². The Hall–Kier alpha value is -2.62. The van der Waals surface area contributed by atoms with Gasteiger partial charge in [-0.05, 0) is 60.8 Å². The van der Waals surface area contributed by atoms with Crippen LogP contribution in [0.15, 0.2) is 58.8 Å². The zero-order valence-electron chi connectivity index (χ0n) is 15.1. The van der Waals surface area contributed by atoms with Gasteiger partial charge in [-0.2, -0.15) is 0 Å². The topological polar surface area (TPSA) is 84.5 Å². The van der Waals surface area contributed by atoms with Crippen LogP contribution in [-0.2, 0) is 10.0 Å². The van der Waals surface area contributed by atoms with E-state index in [9.17, 15) is 17.6 Å². The summed E-state index contributed by atoms with van der Waals surface area (Å²) in [6.45, 7) is 2.19. The van der Waals surface area contributed by atoms with Crippen LogP contribution >= 0.6 is 22.9 Å². The number of nitrogens with one attached hydrogen (secondary N) is 2. The quantitative estimate of drug-likeness (QED) is 0.526. The Morgan fingerprint density at radius 2 is 1.83 bits per heavy atom. The Labute approximate surface area is 176 Å². The van der Waals surface area contributed by atoms with Gasteiger partial charge in [0.15, 0.2) is 0 Å². The smallest absolute Gasteiger partial charge is 0.269 e. The molecule has 0 atom stereocenters. The normalized spacial score (nSPS) is 11.1. The molecular formula is C19H16ClFN2O4S2. The van der Waals surface area contributed by atoms with Crippen LogP contribution < -0.4 is 14.8 Å². The lowest BCUT2D eigenvalue weighted by atomic mass is 10.3. The van der Waals surface area contributed by atoms with Gasteiger partial charge in [-0.3, -0.25) is 9.52 Å². The van der Waals surface area contributed by atoms with Crippen molar-refractivity contribution in [2.24, 2.45) is 0 Å². The van der Waals surface area contributed by atoms with Gasteiger partial charge < -0.3 is 10.1 Å². The van der Waals surface area contributed by atoms with E-state index in [1.807, 2.05) is 0 Å². The molecule has 1 aromatic heterocycles. The second-order valence-corrected chi connectivity index (χ2v) is 8.76. The van der Waals surface area contributed by atoms with Gasteiger partial charge in [-0.25, -0.2) is 12.8 Å². The van der Waals surface area contributed by atoms with Gasteiger partial charge in [0.1, 0.15) is 21.3 Å². The second-order valence-electron chi connectivity index (χ2n) is 5.76. The summed E-state index contributed by atoms with van der Waals surface area (Å²) in [6, 6.07) is 10.9. The molecule has 1 heterocycles. The van der Waals surface area contributed by atoms with E-state index in [0.29, 0.717) is 22.3 Å². The molecule has 6 nitrogen and oxygen atoms in total. The number of hydrogen-bond acceptors (Lipinski definition) is 5. The minimum atomic E-state index is -4.23. The average molecular weight is 455 g/mol. The van der Waals surface area contributed by atoms with Gasteiger partial charge in [0, 0.05) is 16.4 Å². The molecule has 3 rings (SSSR count). The third kappa shape index (κ3) is 5.06. The summed E-state index contributed by atoms with van der Waals surface area (Å²) >= 11 is 6.96. The second kappa shape index (κ2) is 8.81. The van der Waals surface area contributed by atoms with E-state index >= 15 is 0 Å². The van der Waals surface area contributed by atoms with Gasteiger partial charge in [-0.1, -0.05) is 11.6 Å². The van der Waals surface area contributed by atoms with E-state index in [4.69, 9.17) is 16.3 Å². The predicted octanol–water partition coefficient (Wildman–Crippen LogP) is 4.99. The standard InChI is InChI=1S/C19H16ClFN2O4S2/c1-2-27-16-9-10-28-18(16)19(24)22-14-7-8-15(21)17(11-14)29(25,26)23-13-5-3-12(20)4-6-13/h3-11,23H,2H2,1H3,(H,22,24). The maximum atomic E-state index is 14.2. The first-order valence-electron chi connectivity index (χ1n) is 8.39. The Bertz CT molecular complexity index is 1130. The lowest BCUT2D eigenvalue weighted by molar-refractivity contribution is 0.102. The van der Waals surface area contributed by atoms with Crippen LogP contribution in [0.3, 0.4) is 0 Å². The Morgan fingerprint density at radius 1 is 1.14 bits per heavy atom. The van der Waals surface area contributed by atoms with Gasteiger partial charge in [0.25, 0.3) is 15.9 Å². The van der Waals surface area contributed by atoms with Gasteiger partial charge >= 0.3 is 0 Å². The first-order valence-corrected chi connectivity index (χ1v) is 11.1.